The van der Waals surface area contributed by atoms with E-state index in [9.17, 15) is 9.59 Å². The van der Waals surface area contributed by atoms with E-state index in [0.29, 0.717) is 33.3 Å². The molecule has 0 fully saturated rings. The number of aromatic amines is 1. The number of rotatable bonds is 6. The van der Waals surface area contributed by atoms with Gasteiger partial charge in [-0.15, -0.1) is 0 Å². The first-order valence-corrected chi connectivity index (χ1v) is 11.5. The molecule has 0 bridgehead atoms. The van der Waals surface area contributed by atoms with E-state index in [1.165, 1.54) is 0 Å². The van der Waals surface area contributed by atoms with Crippen molar-refractivity contribution in [1.29, 1.82) is 0 Å². The van der Waals surface area contributed by atoms with Crippen LogP contribution in [0.15, 0.2) is 91.0 Å². The van der Waals surface area contributed by atoms with Gasteiger partial charge in [-0.3, -0.25) is 9.59 Å². The lowest BCUT2D eigenvalue weighted by atomic mass is 10.1. The fourth-order valence-corrected chi connectivity index (χ4v) is 3.81. The molecule has 1 heterocycles. The summed E-state index contributed by atoms with van der Waals surface area (Å²) in [4.78, 5) is 33.1. The molecule has 0 unspecified atom stereocenters. The Labute approximate surface area is 212 Å². The maximum Gasteiger partial charge on any atom is 0.255 e. The number of ether oxygens (including phenoxy) is 1. The van der Waals surface area contributed by atoms with Crippen molar-refractivity contribution in [3.63, 3.8) is 0 Å². The Kier molecular flexibility index (Phi) is 6.38. The Morgan fingerprint density at radius 1 is 0.778 bits per heavy atom. The monoisotopic (exact) mass is 496 g/mol. The molecule has 0 saturated carbocycles. The summed E-state index contributed by atoms with van der Waals surface area (Å²) in [7, 11) is 1.59. The molecule has 4 aromatic carbocycles. The van der Waals surface area contributed by atoms with Crippen LogP contribution >= 0.6 is 11.6 Å². The van der Waals surface area contributed by atoms with E-state index in [1.807, 2.05) is 12.1 Å². The summed E-state index contributed by atoms with van der Waals surface area (Å²) >= 11 is 5.89. The van der Waals surface area contributed by atoms with Crippen LogP contribution in [-0.2, 0) is 0 Å². The highest BCUT2D eigenvalue weighted by Gasteiger charge is 2.12. The number of imidazole rings is 1. The van der Waals surface area contributed by atoms with Crippen LogP contribution in [0.3, 0.4) is 0 Å². The number of aromatic nitrogens is 2. The van der Waals surface area contributed by atoms with Gasteiger partial charge in [0.1, 0.15) is 11.6 Å². The standard InChI is InChI=1S/C28H21ClN4O3/c1-36-23-13-11-22(12-14-23)31-28(35)19-6-15-24-25(16-19)33-26(32-24)17-2-4-18(5-3-17)27(34)30-21-9-7-20(29)8-10-21/h2-16H,1H3,(H,30,34)(H,31,35)(H,32,33). The third kappa shape index (κ3) is 5.06. The van der Waals surface area contributed by atoms with Crippen molar-refractivity contribution in [2.45, 2.75) is 0 Å². The molecule has 5 aromatic rings. The molecule has 0 aliphatic carbocycles. The van der Waals surface area contributed by atoms with Crippen LogP contribution in [0.2, 0.25) is 5.02 Å². The molecule has 7 nitrogen and oxygen atoms in total. The Bertz CT molecular complexity index is 1540. The molecule has 2 amide bonds. The summed E-state index contributed by atoms with van der Waals surface area (Å²) in [6.45, 7) is 0. The summed E-state index contributed by atoms with van der Waals surface area (Å²) in [6, 6.07) is 26.5. The van der Waals surface area contributed by atoms with Gasteiger partial charge in [-0.1, -0.05) is 23.7 Å². The first-order chi connectivity index (χ1) is 17.5. The van der Waals surface area contributed by atoms with Crippen molar-refractivity contribution >= 4 is 45.8 Å². The first-order valence-electron chi connectivity index (χ1n) is 11.1. The summed E-state index contributed by atoms with van der Waals surface area (Å²) < 4.78 is 5.14. The summed E-state index contributed by atoms with van der Waals surface area (Å²) in [5.74, 6) is 0.910. The van der Waals surface area contributed by atoms with E-state index in [1.54, 1.807) is 86.0 Å². The zero-order chi connectivity index (χ0) is 25.1. The molecule has 0 radical (unpaired) electrons. The lowest BCUT2D eigenvalue weighted by molar-refractivity contribution is 0.101. The number of hydrogen-bond donors (Lipinski definition) is 3. The zero-order valence-electron chi connectivity index (χ0n) is 19.2. The van der Waals surface area contributed by atoms with Gasteiger partial charge >= 0.3 is 0 Å². The number of carbonyl (C=O) groups excluding carboxylic acids is 2. The number of halogens is 1. The third-order valence-electron chi connectivity index (χ3n) is 5.61. The molecule has 36 heavy (non-hydrogen) atoms. The molecule has 0 aliphatic rings. The minimum absolute atomic E-state index is 0.221. The number of methoxy groups -OCH3 is 1. The van der Waals surface area contributed by atoms with Gasteiger partial charge in [-0.05, 0) is 78.9 Å². The van der Waals surface area contributed by atoms with E-state index in [-0.39, 0.29) is 11.8 Å². The van der Waals surface area contributed by atoms with Gasteiger partial charge in [0, 0.05) is 33.1 Å². The minimum atomic E-state index is -0.228. The Morgan fingerprint density at radius 2 is 1.36 bits per heavy atom. The highest BCUT2D eigenvalue weighted by atomic mass is 35.5. The van der Waals surface area contributed by atoms with Crippen LogP contribution in [0.5, 0.6) is 5.75 Å². The first kappa shape index (κ1) is 23.1. The predicted molar refractivity (Wildman–Crippen MR) is 142 cm³/mol. The van der Waals surface area contributed by atoms with Gasteiger partial charge in [-0.2, -0.15) is 0 Å². The predicted octanol–water partition coefficient (Wildman–Crippen LogP) is 6.40. The number of benzene rings is 4. The second-order valence-electron chi connectivity index (χ2n) is 8.04. The van der Waals surface area contributed by atoms with Crippen LogP contribution in [0.4, 0.5) is 11.4 Å². The van der Waals surface area contributed by atoms with Gasteiger partial charge in [0.15, 0.2) is 0 Å². The lowest BCUT2D eigenvalue weighted by Gasteiger charge is -2.06. The van der Waals surface area contributed by atoms with Crippen LogP contribution in [-0.4, -0.2) is 28.9 Å². The number of carbonyl (C=O) groups is 2. The molecular formula is C28H21ClN4O3. The summed E-state index contributed by atoms with van der Waals surface area (Å²) in [5.41, 5.74) is 4.64. The van der Waals surface area contributed by atoms with Crippen molar-refractivity contribution in [2.75, 3.05) is 17.7 Å². The van der Waals surface area contributed by atoms with E-state index in [0.717, 1.165) is 22.3 Å². The van der Waals surface area contributed by atoms with Gasteiger partial charge < -0.3 is 20.4 Å². The minimum Gasteiger partial charge on any atom is -0.497 e. The quantitative estimate of drug-likeness (QED) is 0.253. The topological polar surface area (TPSA) is 96.1 Å². The number of nitrogens with one attached hydrogen (secondary N) is 3. The van der Waals surface area contributed by atoms with Crippen molar-refractivity contribution in [3.8, 4) is 17.1 Å². The summed E-state index contributed by atoms with van der Waals surface area (Å²) in [5, 5.41) is 6.32. The molecule has 0 saturated heterocycles. The van der Waals surface area contributed by atoms with Gasteiger partial charge in [0.25, 0.3) is 11.8 Å². The number of hydrogen-bond acceptors (Lipinski definition) is 4. The van der Waals surface area contributed by atoms with Crippen molar-refractivity contribution in [1.82, 2.24) is 9.97 Å². The molecule has 0 aliphatic heterocycles. The van der Waals surface area contributed by atoms with Gasteiger partial charge in [-0.25, -0.2) is 4.98 Å². The third-order valence-corrected chi connectivity index (χ3v) is 5.87. The fraction of sp³-hybridized carbons (Fsp3) is 0.0357. The second-order valence-corrected chi connectivity index (χ2v) is 8.47. The van der Waals surface area contributed by atoms with Gasteiger partial charge in [0.05, 0.1) is 18.1 Å². The van der Waals surface area contributed by atoms with Crippen LogP contribution in [0.1, 0.15) is 20.7 Å². The molecule has 0 spiro atoms. The number of H-pyrrole nitrogens is 1. The van der Waals surface area contributed by atoms with Crippen molar-refractivity contribution in [2.24, 2.45) is 0 Å². The zero-order valence-corrected chi connectivity index (χ0v) is 20.0. The van der Waals surface area contributed by atoms with Crippen LogP contribution in [0, 0.1) is 0 Å². The van der Waals surface area contributed by atoms with Gasteiger partial charge in [0.2, 0.25) is 0 Å². The molecule has 3 N–H and O–H groups in total. The van der Waals surface area contributed by atoms with Crippen molar-refractivity contribution in [3.05, 3.63) is 107 Å². The smallest absolute Gasteiger partial charge is 0.255 e. The van der Waals surface area contributed by atoms with Crippen LogP contribution < -0.4 is 15.4 Å². The Hall–Kier alpha value is -4.62. The number of fused-ring (bicyclic) bond motifs is 1. The van der Waals surface area contributed by atoms with E-state index in [4.69, 9.17) is 16.3 Å². The molecule has 8 heteroatoms. The fourth-order valence-electron chi connectivity index (χ4n) is 3.68. The molecule has 1 aromatic heterocycles. The second kappa shape index (κ2) is 9.93. The highest BCUT2D eigenvalue weighted by Crippen LogP contribution is 2.23. The van der Waals surface area contributed by atoms with E-state index in [2.05, 4.69) is 20.6 Å². The molecule has 0 atom stereocenters. The number of nitrogens with zero attached hydrogens (tertiary/aromatic N) is 1. The Morgan fingerprint density at radius 3 is 2.00 bits per heavy atom. The average molecular weight is 497 g/mol. The summed E-state index contributed by atoms with van der Waals surface area (Å²) in [6.07, 6.45) is 0. The highest BCUT2D eigenvalue weighted by molar-refractivity contribution is 6.30. The van der Waals surface area contributed by atoms with Crippen LogP contribution in [0.25, 0.3) is 22.4 Å². The largest absolute Gasteiger partial charge is 0.497 e. The molecule has 5 rings (SSSR count). The lowest BCUT2D eigenvalue weighted by Crippen LogP contribution is -2.11. The SMILES string of the molecule is COc1ccc(NC(=O)c2ccc3nc(-c4ccc(C(=O)Nc5ccc(Cl)cc5)cc4)[nH]c3c2)cc1. The number of anilines is 2. The maximum absolute atomic E-state index is 12.7. The number of amides is 2. The van der Waals surface area contributed by atoms with E-state index < -0.39 is 0 Å². The Balaban J connectivity index is 1.30. The van der Waals surface area contributed by atoms with E-state index >= 15 is 0 Å². The molecule has 178 valence electrons. The normalized spacial score (nSPS) is 10.7. The van der Waals surface area contributed by atoms with Crippen molar-refractivity contribution < 1.29 is 14.3 Å². The molecular weight excluding hydrogens is 476 g/mol. The average Bonchev–Trinajstić information content (AvgIpc) is 3.34. The maximum atomic E-state index is 12.7.